The molecule has 1 aliphatic heterocycles. The van der Waals surface area contributed by atoms with Crippen molar-refractivity contribution < 1.29 is 14.0 Å². The first-order chi connectivity index (χ1) is 11.5. The summed E-state index contributed by atoms with van der Waals surface area (Å²) < 4.78 is 12.9. The minimum atomic E-state index is -0.292. The summed E-state index contributed by atoms with van der Waals surface area (Å²) in [6.45, 7) is 3.82. The van der Waals surface area contributed by atoms with Crippen molar-refractivity contribution in [2.24, 2.45) is 0 Å². The Morgan fingerprint density at radius 3 is 2.46 bits per heavy atom. The second-order valence-electron chi connectivity index (χ2n) is 6.07. The Morgan fingerprint density at radius 1 is 1.25 bits per heavy atom. The number of hydrogen-bond donors (Lipinski definition) is 2. The van der Waals surface area contributed by atoms with Crippen LogP contribution in [0.3, 0.4) is 0 Å². The van der Waals surface area contributed by atoms with E-state index in [1.54, 1.807) is 25.3 Å². The number of piperidine rings is 1. The number of rotatable bonds is 5. The minimum absolute atomic E-state index is 0.00958. The molecule has 0 aliphatic carbocycles. The van der Waals surface area contributed by atoms with Crippen molar-refractivity contribution in [1.29, 1.82) is 0 Å². The van der Waals surface area contributed by atoms with Gasteiger partial charge in [-0.2, -0.15) is 0 Å². The number of nitrogens with one attached hydrogen (secondary N) is 2. The summed E-state index contributed by atoms with van der Waals surface area (Å²) in [6, 6.07) is 6.20. The van der Waals surface area contributed by atoms with Crippen LogP contribution in [0.5, 0.6) is 0 Å². The van der Waals surface area contributed by atoms with Gasteiger partial charge in [0.05, 0.1) is 6.54 Å². The molecule has 130 valence electrons. The molecular weight excluding hydrogens is 309 g/mol. The molecule has 1 saturated heterocycles. The van der Waals surface area contributed by atoms with Gasteiger partial charge in [0, 0.05) is 32.3 Å². The van der Waals surface area contributed by atoms with Gasteiger partial charge in [0.1, 0.15) is 5.82 Å². The molecule has 6 heteroatoms. The van der Waals surface area contributed by atoms with E-state index in [9.17, 15) is 14.0 Å². The van der Waals surface area contributed by atoms with Crippen LogP contribution in [0.2, 0.25) is 0 Å². The van der Waals surface area contributed by atoms with E-state index in [2.05, 4.69) is 15.5 Å². The first kappa shape index (κ1) is 18.1. The van der Waals surface area contributed by atoms with Crippen LogP contribution in [0.1, 0.15) is 25.3 Å². The van der Waals surface area contributed by atoms with Gasteiger partial charge in [0.15, 0.2) is 0 Å². The Morgan fingerprint density at radius 2 is 1.88 bits per heavy atom. The van der Waals surface area contributed by atoms with Crippen LogP contribution >= 0.6 is 0 Å². The number of likely N-dealkylation sites (N-methyl/N-ethyl adjacent to an activating group) is 1. The van der Waals surface area contributed by atoms with Crippen LogP contribution in [0, 0.1) is 5.82 Å². The highest BCUT2D eigenvalue weighted by atomic mass is 19.1. The molecule has 2 N–H and O–H groups in total. The van der Waals surface area contributed by atoms with Crippen LogP contribution in [0.15, 0.2) is 30.3 Å². The standard InChI is InChI=1S/C18H24FN3O2/c1-13(14-3-5-15(19)6-4-14)11-17(23)21-16-7-9-22(10-8-16)12-18(24)20-2/h3-6,11,16H,7-10,12H2,1-2H3,(H,20,24)(H,21,23). The molecule has 1 aromatic rings. The predicted octanol–water partition coefficient (Wildman–Crippen LogP) is 1.56. The third-order valence-electron chi connectivity index (χ3n) is 4.23. The van der Waals surface area contributed by atoms with Crippen molar-refractivity contribution >= 4 is 17.4 Å². The maximum atomic E-state index is 12.9. The first-order valence-electron chi connectivity index (χ1n) is 8.15. The fraction of sp³-hybridized carbons (Fsp3) is 0.444. The van der Waals surface area contributed by atoms with E-state index in [1.165, 1.54) is 12.1 Å². The lowest BCUT2D eigenvalue weighted by atomic mass is 10.0. The molecule has 0 radical (unpaired) electrons. The summed E-state index contributed by atoms with van der Waals surface area (Å²) in [5, 5.41) is 5.62. The zero-order chi connectivity index (χ0) is 17.5. The highest BCUT2D eigenvalue weighted by Crippen LogP contribution is 2.15. The molecule has 0 atom stereocenters. The average molecular weight is 333 g/mol. The lowest BCUT2D eigenvalue weighted by Crippen LogP contribution is -2.46. The topological polar surface area (TPSA) is 61.4 Å². The molecule has 0 bridgehead atoms. The van der Waals surface area contributed by atoms with E-state index in [-0.39, 0.29) is 23.7 Å². The van der Waals surface area contributed by atoms with Crippen molar-refractivity contribution in [3.8, 4) is 0 Å². The molecule has 24 heavy (non-hydrogen) atoms. The van der Waals surface area contributed by atoms with Crippen LogP contribution in [0.25, 0.3) is 5.57 Å². The van der Waals surface area contributed by atoms with Crippen LogP contribution in [-0.4, -0.2) is 49.4 Å². The van der Waals surface area contributed by atoms with Gasteiger partial charge >= 0.3 is 0 Å². The van der Waals surface area contributed by atoms with E-state index in [0.29, 0.717) is 6.54 Å². The summed E-state index contributed by atoms with van der Waals surface area (Å²) >= 11 is 0. The van der Waals surface area contributed by atoms with Crippen molar-refractivity contribution in [2.45, 2.75) is 25.8 Å². The van der Waals surface area contributed by atoms with Gasteiger partial charge in [-0.25, -0.2) is 4.39 Å². The average Bonchev–Trinajstić information content (AvgIpc) is 2.57. The van der Waals surface area contributed by atoms with Crippen LogP contribution in [-0.2, 0) is 9.59 Å². The number of hydrogen-bond acceptors (Lipinski definition) is 3. The molecule has 0 aromatic heterocycles. The minimum Gasteiger partial charge on any atom is -0.358 e. The summed E-state index contributed by atoms with van der Waals surface area (Å²) in [5.41, 5.74) is 1.62. The summed E-state index contributed by atoms with van der Waals surface area (Å²) in [5.74, 6) is -0.420. The molecule has 1 aromatic carbocycles. The number of halogens is 1. The zero-order valence-corrected chi connectivity index (χ0v) is 14.1. The Bertz CT molecular complexity index is 605. The lowest BCUT2D eigenvalue weighted by Gasteiger charge is -2.31. The molecule has 1 aliphatic rings. The van der Waals surface area contributed by atoms with Crippen molar-refractivity contribution in [3.05, 3.63) is 41.7 Å². The van der Waals surface area contributed by atoms with E-state index >= 15 is 0 Å². The van der Waals surface area contributed by atoms with Crippen LogP contribution < -0.4 is 10.6 Å². The van der Waals surface area contributed by atoms with Crippen molar-refractivity contribution in [2.75, 3.05) is 26.7 Å². The van der Waals surface area contributed by atoms with Gasteiger partial charge in [-0.15, -0.1) is 0 Å². The van der Waals surface area contributed by atoms with Gasteiger partial charge in [0.2, 0.25) is 11.8 Å². The van der Waals surface area contributed by atoms with Gasteiger partial charge in [-0.3, -0.25) is 14.5 Å². The van der Waals surface area contributed by atoms with Gasteiger partial charge in [-0.05, 0) is 43.0 Å². The predicted molar refractivity (Wildman–Crippen MR) is 91.7 cm³/mol. The number of benzene rings is 1. The smallest absolute Gasteiger partial charge is 0.244 e. The number of amides is 2. The molecular formula is C18H24FN3O2. The molecule has 0 unspecified atom stereocenters. The molecule has 5 nitrogen and oxygen atoms in total. The Hall–Kier alpha value is -2.21. The second-order valence-corrected chi connectivity index (χ2v) is 6.07. The molecule has 0 saturated carbocycles. The fourth-order valence-corrected chi connectivity index (χ4v) is 2.75. The molecule has 2 amide bonds. The highest BCUT2D eigenvalue weighted by molar-refractivity contribution is 5.95. The van der Waals surface area contributed by atoms with Crippen LogP contribution in [0.4, 0.5) is 4.39 Å². The molecule has 0 spiro atoms. The Balaban J connectivity index is 1.82. The number of carbonyl (C=O) groups is 2. The number of allylic oxidation sites excluding steroid dienone is 1. The second kappa shape index (κ2) is 8.59. The summed E-state index contributed by atoms with van der Waals surface area (Å²) in [4.78, 5) is 25.6. The number of nitrogens with zero attached hydrogens (tertiary/aromatic N) is 1. The third-order valence-corrected chi connectivity index (χ3v) is 4.23. The summed E-state index contributed by atoms with van der Waals surface area (Å²) in [7, 11) is 1.63. The quantitative estimate of drug-likeness (QED) is 0.804. The van der Waals surface area contributed by atoms with Gasteiger partial charge in [-0.1, -0.05) is 12.1 Å². The maximum Gasteiger partial charge on any atom is 0.244 e. The third kappa shape index (κ3) is 5.45. The summed E-state index contributed by atoms with van der Waals surface area (Å²) in [6.07, 6.45) is 3.20. The van der Waals surface area contributed by atoms with Crippen molar-refractivity contribution in [3.63, 3.8) is 0 Å². The van der Waals surface area contributed by atoms with Crippen molar-refractivity contribution in [1.82, 2.24) is 15.5 Å². The normalized spacial score (nSPS) is 16.7. The van der Waals surface area contributed by atoms with E-state index < -0.39 is 0 Å². The number of carbonyl (C=O) groups excluding carboxylic acids is 2. The maximum absolute atomic E-state index is 12.9. The molecule has 1 heterocycles. The molecule has 1 fully saturated rings. The Kier molecular flexibility index (Phi) is 6.49. The number of likely N-dealkylation sites (tertiary alicyclic amines) is 1. The largest absolute Gasteiger partial charge is 0.358 e. The van der Waals surface area contributed by atoms with E-state index in [4.69, 9.17) is 0 Å². The Labute approximate surface area is 141 Å². The van der Waals surface area contributed by atoms with E-state index in [0.717, 1.165) is 37.1 Å². The SMILES string of the molecule is CNC(=O)CN1CCC(NC(=O)C=C(C)c2ccc(F)cc2)CC1. The fourth-order valence-electron chi connectivity index (χ4n) is 2.75. The molecule has 2 rings (SSSR count). The monoisotopic (exact) mass is 333 g/mol. The van der Waals surface area contributed by atoms with E-state index in [1.807, 2.05) is 6.92 Å². The van der Waals surface area contributed by atoms with Gasteiger partial charge in [0.25, 0.3) is 0 Å². The highest BCUT2D eigenvalue weighted by Gasteiger charge is 2.21. The zero-order valence-electron chi connectivity index (χ0n) is 14.1. The first-order valence-corrected chi connectivity index (χ1v) is 8.15. The lowest BCUT2D eigenvalue weighted by molar-refractivity contribution is -0.122. The van der Waals surface area contributed by atoms with Gasteiger partial charge < -0.3 is 10.6 Å².